The van der Waals surface area contributed by atoms with Crippen molar-refractivity contribution in [2.24, 2.45) is 0 Å². The summed E-state index contributed by atoms with van der Waals surface area (Å²) in [5, 5.41) is 0. The van der Waals surface area contributed by atoms with Crippen molar-refractivity contribution in [2.75, 3.05) is 13.2 Å². The Bertz CT molecular complexity index is 386. The average molecular weight is 370 g/mol. The van der Waals surface area contributed by atoms with Crippen LogP contribution in [0.4, 0.5) is 0 Å². The molecule has 0 unspecified atom stereocenters. The summed E-state index contributed by atoms with van der Waals surface area (Å²) in [6.45, 7) is 0.542. The second kappa shape index (κ2) is 18.0. The second-order valence-corrected chi connectivity index (χ2v) is 7.74. The smallest absolute Gasteiger partial charge is 0.302 e. The van der Waals surface area contributed by atoms with Crippen molar-refractivity contribution in [2.45, 2.75) is 89.9 Å². The van der Waals surface area contributed by atoms with Crippen molar-refractivity contribution in [3.63, 3.8) is 0 Å². The van der Waals surface area contributed by atoms with E-state index in [2.05, 4.69) is 11.8 Å². The van der Waals surface area contributed by atoms with Gasteiger partial charge in [-0.05, 0) is 25.7 Å². The lowest BCUT2D eigenvalue weighted by molar-refractivity contribution is 0.145. The molecule has 0 aliphatic carbocycles. The molecule has 0 radical (unpaired) electrons. The van der Waals surface area contributed by atoms with Gasteiger partial charge in [0.25, 0.3) is 0 Å². The maximum atomic E-state index is 11.7. The van der Waals surface area contributed by atoms with Crippen LogP contribution >= 0.6 is 7.82 Å². The van der Waals surface area contributed by atoms with Crippen molar-refractivity contribution in [3.05, 3.63) is 0 Å². The van der Waals surface area contributed by atoms with Crippen LogP contribution in [0, 0.1) is 24.7 Å². The summed E-state index contributed by atoms with van der Waals surface area (Å²) in [5.74, 6) is 5.27. The van der Waals surface area contributed by atoms with Gasteiger partial charge >= 0.3 is 7.82 Å². The van der Waals surface area contributed by atoms with Gasteiger partial charge in [0.1, 0.15) is 0 Å². The third-order valence-electron chi connectivity index (χ3n) is 3.94. The van der Waals surface area contributed by atoms with E-state index < -0.39 is 7.82 Å². The minimum absolute atomic E-state index is 0.271. The van der Waals surface area contributed by atoms with Gasteiger partial charge in [-0.2, -0.15) is 0 Å². The Morgan fingerprint density at radius 1 is 0.640 bits per heavy atom. The van der Waals surface area contributed by atoms with Crippen LogP contribution in [0.2, 0.25) is 0 Å². The van der Waals surface area contributed by atoms with Crippen LogP contribution in [0.15, 0.2) is 0 Å². The summed E-state index contributed by atoms with van der Waals surface area (Å²) in [4.78, 5) is 9.59. The largest absolute Gasteiger partial charge is 0.472 e. The molecule has 144 valence electrons. The zero-order valence-electron chi connectivity index (χ0n) is 15.6. The molecule has 4 nitrogen and oxygen atoms in total. The average Bonchev–Trinajstić information content (AvgIpc) is 2.59. The van der Waals surface area contributed by atoms with E-state index in [0.717, 1.165) is 89.9 Å². The molecule has 0 aliphatic rings. The number of phosphoric ester groups is 1. The van der Waals surface area contributed by atoms with Crippen molar-refractivity contribution in [1.29, 1.82) is 0 Å². The molecule has 0 saturated carbocycles. The lowest BCUT2D eigenvalue weighted by Gasteiger charge is -2.12. The fourth-order valence-electron chi connectivity index (χ4n) is 2.47. The van der Waals surface area contributed by atoms with E-state index >= 15 is 0 Å². The summed E-state index contributed by atoms with van der Waals surface area (Å²) >= 11 is 0. The summed E-state index contributed by atoms with van der Waals surface area (Å²) in [6, 6.07) is 0. The van der Waals surface area contributed by atoms with Crippen LogP contribution in [-0.4, -0.2) is 18.1 Å². The Hall–Kier alpha value is -0.770. The number of unbranched alkanes of at least 4 members (excludes halogenated alkanes) is 12. The van der Waals surface area contributed by atoms with E-state index in [0.29, 0.717) is 0 Å². The third-order valence-corrected chi connectivity index (χ3v) is 4.96. The molecule has 1 N–H and O–H groups in total. The number of hydrogen-bond acceptors (Lipinski definition) is 3. The molecule has 0 amide bonds. The minimum atomic E-state index is -3.88. The monoisotopic (exact) mass is 370 g/mol. The van der Waals surface area contributed by atoms with Crippen LogP contribution in [0.25, 0.3) is 0 Å². The molecule has 0 fully saturated rings. The molecule has 0 aromatic rings. The predicted octanol–water partition coefficient (Wildman–Crippen LogP) is 5.85. The molecular formula is C20H35O4P. The van der Waals surface area contributed by atoms with Gasteiger partial charge in [-0.25, -0.2) is 4.57 Å². The van der Waals surface area contributed by atoms with Gasteiger partial charge in [-0.3, -0.25) is 9.05 Å². The summed E-state index contributed by atoms with van der Waals surface area (Å²) in [6.07, 6.45) is 24.6. The number of terminal acetylenes is 2. The molecule has 0 aromatic carbocycles. The van der Waals surface area contributed by atoms with Crippen molar-refractivity contribution in [3.8, 4) is 24.7 Å². The highest BCUT2D eigenvalue weighted by Gasteiger charge is 2.19. The van der Waals surface area contributed by atoms with Crippen molar-refractivity contribution in [1.82, 2.24) is 0 Å². The maximum absolute atomic E-state index is 11.7. The summed E-state index contributed by atoms with van der Waals surface area (Å²) < 4.78 is 21.7. The Kier molecular flexibility index (Phi) is 17.5. The second-order valence-electron chi connectivity index (χ2n) is 6.29. The lowest BCUT2D eigenvalue weighted by atomic mass is 10.1. The van der Waals surface area contributed by atoms with E-state index in [9.17, 15) is 9.46 Å². The molecule has 0 rings (SSSR count). The highest BCUT2D eigenvalue weighted by atomic mass is 31.2. The molecule has 0 aromatic heterocycles. The van der Waals surface area contributed by atoms with E-state index in [1.807, 2.05) is 0 Å². The van der Waals surface area contributed by atoms with Crippen LogP contribution in [0.3, 0.4) is 0 Å². The number of rotatable bonds is 18. The van der Waals surface area contributed by atoms with Crippen LogP contribution in [-0.2, 0) is 13.6 Å². The Balaban J connectivity index is 3.37. The van der Waals surface area contributed by atoms with E-state index in [1.54, 1.807) is 0 Å². The molecule has 0 aliphatic heterocycles. The lowest BCUT2D eigenvalue weighted by Crippen LogP contribution is -1.99. The van der Waals surface area contributed by atoms with Crippen molar-refractivity contribution >= 4 is 7.82 Å². The quantitative estimate of drug-likeness (QED) is 0.187. The topological polar surface area (TPSA) is 55.8 Å². The first-order valence-electron chi connectivity index (χ1n) is 9.61. The summed E-state index contributed by atoms with van der Waals surface area (Å²) in [7, 11) is -3.88. The van der Waals surface area contributed by atoms with E-state index in [1.165, 1.54) is 0 Å². The molecule has 0 saturated heterocycles. The fourth-order valence-corrected chi connectivity index (χ4v) is 3.26. The number of phosphoric acid groups is 1. The first-order chi connectivity index (χ1) is 12.1. The Labute approximate surface area is 154 Å². The van der Waals surface area contributed by atoms with Gasteiger partial charge in [0.15, 0.2) is 0 Å². The van der Waals surface area contributed by atoms with E-state index in [4.69, 9.17) is 21.9 Å². The molecule has 0 spiro atoms. The SMILES string of the molecule is C#CCCCCCCCCOP(=O)(O)OCCCCCCCCC#C. The Morgan fingerprint density at radius 2 is 0.960 bits per heavy atom. The van der Waals surface area contributed by atoms with Gasteiger partial charge in [-0.1, -0.05) is 51.4 Å². The molecule has 25 heavy (non-hydrogen) atoms. The standard InChI is InChI=1S/C20H35O4P/c1-3-5-7-9-11-13-15-17-19-23-25(21,22)24-20-18-16-14-12-10-8-6-4-2/h1-2H,5-20H2,(H,21,22). The third kappa shape index (κ3) is 19.4. The molecule has 0 heterocycles. The normalized spacial score (nSPS) is 11.2. The van der Waals surface area contributed by atoms with Gasteiger partial charge in [0.2, 0.25) is 0 Å². The first kappa shape index (κ1) is 24.2. The first-order valence-corrected chi connectivity index (χ1v) is 11.1. The minimum Gasteiger partial charge on any atom is -0.302 e. The molecular weight excluding hydrogens is 335 g/mol. The predicted molar refractivity (Wildman–Crippen MR) is 104 cm³/mol. The zero-order chi connectivity index (χ0) is 18.6. The van der Waals surface area contributed by atoms with Gasteiger partial charge in [0, 0.05) is 12.8 Å². The van der Waals surface area contributed by atoms with E-state index in [-0.39, 0.29) is 13.2 Å². The van der Waals surface area contributed by atoms with Gasteiger partial charge in [0.05, 0.1) is 13.2 Å². The van der Waals surface area contributed by atoms with Gasteiger partial charge < -0.3 is 4.89 Å². The maximum Gasteiger partial charge on any atom is 0.472 e. The fraction of sp³-hybridized carbons (Fsp3) is 0.800. The summed E-state index contributed by atoms with van der Waals surface area (Å²) in [5.41, 5.74) is 0. The molecule has 0 bridgehead atoms. The van der Waals surface area contributed by atoms with Crippen LogP contribution < -0.4 is 0 Å². The van der Waals surface area contributed by atoms with Crippen LogP contribution in [0.1, 0.15) is 89.9 Å². The Morgan fingerprint density at radius 3 is 1.32 bits per heavy atom. The number of hydrogen-bond donors (Lipinski definition) is 1. The highest BCUT2D eigenvalue weighted by molar-refractivity contribution is 7.47. The van der Waals surface area contributed by atoms with Crippen LogP contribution in [0.5, 0.6) is 0 Å². The van der Waals surface area contributed by atoms with Crippen molar-refractivity contribution < 1.29 is 18.5 Å². The highest BCUT2D eigenvalue weighted by Crippen LogP contribution is 2.43. The molecule has 5 heteroatoms. The zero-order valence-corrected chi connectivity index (χ0v) is 16.5. The molecule has 0 atom stereocenters. The van der Waals surface area contributed by atoms with Gasteiger partial charge in [-0.15, -0.1) is 24.7 Å².